The Balaban J connectivity index is 1.73. The number of hydrogen-bond acceptors (Lipinski definition) is 3. The summed E-state index contributed by atoms with van der Waals surface area (Å²) in [6.45, 7) is 0. The monoisotopic (exact) mass is 339 g/mol. The zero-order chi connectivity index (χ0) is 18.1. The van der Waals surface area contributed by atoms with E-state index in [9.17, 15) is 9.59 Å². The van der Waals surface area contributed by atoms with Crippen LogP contribution in [0.4, 0.5) is 11.4 Å². The van der Waals surface area contributed by atoms with E-state index in [0.717, 1.165) is 30.5 Å². The van der Waals surface area contributed by atoms with Gasteiger partial charge in [0.05, 0.1) is 5.92 Å². The molecule has 2 aromatic carbocycles. The van der Waals surface area contributed by atoms with Crippen molar-refractivity contribution in [1.82, 2.24) is 0 Å². The van der Waals surface area contributed by atoms with Gasteiger partial charge in [0.25, 0.3) is 0 Å². The van der Waals surface area contributed by atoms with Gasteiger partial charge in [-0.15, -0.1) is 0 Å². The number of carbonyl (C=O) groups is 2. The average molecular weight is 339 g/mol. The van der Waals surface area contributed by atoms with Crippen molar-refractivity contribution in [2.24, 2.45) is 5.73 Å². The van der Waals surface area contributed by atoms with Gasteiger partial charge in [0.1, 0.15) is 0 Å². The van der Waals surface area contributed by atoms with Crippen LogP contribution in [0.1, 0.15) is 43.6 Å². The van der Waals surface area contributed by atoms with E-state index < -0.39 is 0 Å². The van der Waals surface area contributed by atoms with Crippen molar-refractivity contribution < 1.29 is 9.59 Å². The first-order valence-corrected chi connectivity index (χ1v) is 8.56. The highest BCUT2D eigenvalue weighted by molar-refractivity contribution is 5.90. The molecular weight excluding hydrogens is 314 g/mol. The first-order valence-electron chi connectivity index (χ1n) is 8.56. The molecule has 0 heterocycles. The second kappa shape index (κ2) is 9.47. The van der Waals surface area contributed by atoms with Crippen LogP contribution in [-0.4, -0.2) is 11.8 Å². The molecule has 5 nitrogen and oxygen atoms in total. The number of benzene rings is 2. The highest BCUT2D eigenvalue weighted by atomic mass is 16.2. The molecule has 0 spiro atoms. The molecule has 0 fully saturated rings. The van der Waals surface area contributed by atoms with Crippen LogP contribution in [-0.2, 0) is 9.59 Å². The minimum absolute atomic E-state index is 0.00459. The quantitative estimate of drug-likeness (QED) is 0.482. The molecule has 2 amide bonds. The molecule has 5 heteroatoms. The van der Waals surface area contributed by atoms with Gasteiger partial charge in [-0.25, -0.2) is 0 Å². The SMILES string of the molecule is NC(=O)C(CCCCCC(=O)Nc1ccccc1)c1ccccc1N. The second-order valence-corrected chi connectivity index (χ2v) is 6.10. The standard InChI is InChI=1S/C20H25N3O2/c21-18-13-8-7-11-16(18)17(20(22)25)12-5-2-6-14-19(24)23-15-9-3-1-4-10-15/h1,3-4,7-11,13,17H,2,5-6,12,14,21H2,(H2,22,25)(H,23,24). The highest BCUT2D eigenvalue weighted by Crippen LogP contribution is 2.27. The molecular formula is C20H25N3O2. The summed E-state index contributed by atoms with van der Waals surface area (Å²) in [4.78, 5) is 23.6. The Hall–Kier alpha value is -2.82. The van der Waals surface area contributed by atoms with Gasteiger partial charge in [0.2, 0.25) is 11.8 Å². The van der Waals surface area contributed by atoms with Gasteiger partial charge in [0.15, 0.2) is 0 Å². The molecule has 2 aromatic rings. The molecule has 0 radical (unpaired) electrons. The summed E-state index contributed by atoms with van der Waals surface area (Å²) in [5.41, 5.74) is 13.7. The number of unbranched alkanes of at least 4 members (excludes halogenated alkanes) is 2. The Bertz CT molecular complexity index is 701. The summed E-state index contributed by atoms with van der Waals surface area (Å²) in [5, 5.41) is 2.86. The van der Waals surface area contributed by atoms with Gasteiger partial charge < -0.3 is 16.8 Å². The van der Waals surface area contributed by atoms with Crippen LogP contribution >= 0.6 is 0 Å². The maximum Gasteiger partial charge on any atom is 0.225 e. The maximum atomic E-state index is 11.9. The highest BCUT2D eigenvalue weighted by Gasteiger charge is 2.19. The van der Waals surface area contributed by atoms with Crippen LogP contribution < -0.4 is 16.8 Å². The van der Waals surface area contributed by atoms with E-state index in [2.05, 4.69) is 5.32 Å². The molecule has 1 atom stereocenters. The molecule has 0 aliphatic heterocycles. The van der Waals surface area contributed by atoms with Crippen molar-refractivity contribution in [3.05, 3.63) is 60.2 Å². The normalized spacial score (nSPS) is 11.7. The van der Waals surface area contributed by atoms with Crippen molar-refractivity contribution >= 4 is 23.2 Å². The van der Waals surface area contributed by atoms with Crippen LogP contribution in [0.2, 0.25) is 0 Å². The Labute approximate surface area is 148 Å². The average Bonchev–Trinajstić information content (AvgIpc) is 2.59. The number of nitrogens with one attached hydrogen (secondary N) is 1. The van der Waals surface area contributed by atoms with Gasteiger partial charge in [-0.3, -0.25) is 9.59 Å². The smallest absolute Gasteiger partial charge is 0.225 e. The van der Waals surface area contributed by atoms with Crippen LogP contribution in [0.15, 0.2) is 54.6 Å². The second-order valence-electron chi connectivity index (χ2n) is 6.10. The van der Waals surface area contributed by atoms with Crippen LogP contribution in [0.25, 0.3) is 0 Å². The lowest BCUT2D eigenvalue weighted by molar-refractivity contribution is -0.119. The van der Waals surface area contributed by atoms with Crippen LogP contribution in [0.3, 0.4) is 0 Å². The molecule has 1 unspecified atom stereocenters. The molecule has 0 aliphatic rings. The number of carbonyl (C=O) groups excluding carboxylic acids is 2. The Kier molecular flexibility index (Phi) is 7.01. The number of nitrogens with two attached hydrogens (primary N) is 2. The summed E-state index contributed by atoms with van der Waals surface area (Å²) in [7, 11) is 0. The summed E-state index contributed by atoms with van der Waals surface area (Å²) in [6.07, 6.45) is 3.56. The van der Waals surface area contributed by atoms with Crippen LogP contribution in [0.5, 0.6) is 0 Å². The molecule has 132 valence electrons. The molecule has 0 bridgehead atoms. The van der Waals surface area contributed by atoms with Crippen molar-refractivity contribution in [2.45, 2.75) is 38.0 Å². The van der Waals surface area contributed by atoms with E-state index in [-0.39, 0.29) is 17.7 Å². The number of primary amides is 1. The first-order chi connectivity index (χ1) is 12.1. The fourth-order valence-electron chi connectivity index (χ4n) is 2.84. The lowest BCUT2D eigenvalue weighted by atomic mass is 9.91. The predicted molar refractivity (Wildman–Crippen MR) is 101 cm³/mol. The van der Waals surface area contributed by atoms with Crippen molar-refractivity contribution in [2.75, 3.05) is 11.1 Å². The fraction of sp³-hybridized carbons (Fsp3) is 0.300. The zero-order valence-corrected chi connectivity index (χ0v) is 14.3. The first kappa shape index (κ1) is 18.5. The van der Waals surface area contributed by atoms with E-state index in [1.165, 1.54) is 0 Å². The van der Waals surface area contributed by atoms with Crippen molar-refractivity contribution in [1.29, 1.82) is 0 Å². The summed E-state index contributed by atoms with van der Waals surface area (Å²) in [6, 6.07) is 16.7. The van der Waals surface area contributed by atoms with E-state index in [0.29, 0.717) is 18.5 Å². The summed E-state index contributed by atoms with van der Waals surface area (Å²) >= 11 is 0. The van der Waals surface area contributed by atoms with Crippen molar-refractivity contribution in [3.63, 3.8) is 0 Å². The third-order valence-electron chi connectivity index (χ3n) is 4.17. The Morgan fingerprint density at radius 2 is 1.60 bits per heavy atom. The van der Waals surface area contributed by atoms with E-state index in [4.69, 9.17) is 11.5 Å². The number of rotatable bonds is 9. The summed E-state index contributed by atoms with van der Waals surface area (Å²) in [5.74, 6) is -0.732. The summed E-state index contributed by atoms with van der Waals surface area (Å²) < 4.78 is 0. The third kappa shape index (κ3) is 5.95. The maximum absolute atomic E-state index is 11.9. The molecule has 0 aromatic heterocycles. The lowest BCUT2D eigenvalue weighted by Gasteiger charge is -2.15. The van der Waals surface area contributed by atoms with E-state index in [1.807, 2.05) is 48.5 Å². The van der Waals surface area contributed by atoms with E-state index >= 15 is 0 Å². The molecule has 25 heavy (non-hydrogen) atoms. The number of anilines is 2. The molecule has 2 rings (SSSR count). The molecule has 0 saturated carbocycles. The minimum atomic E-state index is -0.376. The largest absolute Gasteiger partial charge is 0.398 e. The number of hydrogen-bond donors (Lipinski definition) is 3. The van der Waals surface area contributed by atoms with Gasteiger partial charge in [-0.1, -0.05) is 49.2 Å². The van der Waals surface area contributed by atoms with E-state index in [1.54, 1.807) is 6.07 Å². The number of nitrogen functional groups attached to an aromatic ring is 1. The Morgan fingerprint density at radius 1 is 0.920 bits per heavy atom. The zero-order valence-electron chi connectivity index (χ0n) is 14.3. The fourth-order valence-corrected chi connectivity index (χ4v) is 2.84. The predicted octanol–water partition coefficient (Wildman–Crippen LogP) is 3.43. The number of amides is 2. The van der Waals surface area contributed by atoms with Gasteiger partial charge in [-0.05, 0) is 36.6 Å². The van der Waals surface area contributed by atoms with Gasteiger partial charge in [-0.2, -0.15) is 0 Å². The minimum Gasteiger partial charge on any atom is -0.398 e. The number of para-hydroxylation sites is 2. The Morgan fingerprint density at radius 3 is 2.28 bits per heavy atom. The lowest BCUT2D eigenvalue weighted by Crippen LogP contribution is -2.22. The topological polar surface area (TPSA) is 98.2 Å². The van der Waals surface area contributed by atoms with Crippen molar-refractivity contribution in [3.8, 4) is 0 Å². The van der Waals surface area contributed by atoms with Gasteiger partial charge >= 0.3 is 0 Å². The molecule has 5 N–H and O–H groups in total. The van der Waals surface area contributed by atoms with Crippen LogP contribution in [0, 0.1) is 0 Å². The molecule has 0 saturated heterocycles. The third-order valence-corrected chi connectivity index (χ3v) is 4.17. The van der Waals surface area contributed by atoms with Gasteiger partial charge in [0, 0.05) is 17.8 Å². The molecule has 0 aliphatic carbocycles.